The summed E-state index contributed by atoms with van der Waals surface area (Å²) >= 11 is 0. The van der Waals surface area contributed by atoms with E-state index in [1.807, 2.05) is 33.3 Å². The third-order valence-corrected chi connectivity index (χ3v) is 9.52. The number of likely N-dealkylation sites (N-methyl/N-ethyl adjacent to an activating group) is 1. The third-order valence-electron chi connectivity index (χ3n) is 8.53. The number of phosphoric ester groups is 1. The van der Waals surface area contributed by atoms with Crippen molar-refractivity contribution in [2.45, 2.75) is 167 Å². The number of unbranched alkanes of at least 4 members (excludes halogenated alkanes) is 13. The molecule has 0 bridgehead atoms. The van der Waals surface area contributed by atoms with Crippen molar-refractivity contribution < 1.29 is 43.1 Å². The van der Waals surface area contributed by atoms with Gasteiger partial charge >= 0.3 is 7.82 Å². The molecule has 0 aromatic rings. The molecule has 0 spiro atoms. The molecule has 0 heterocycles. The summed E-state index contributed by atoms with van der Waals surface area (Å²) in [6, 6.07) is -0.918. The fraction of sp³-hybridized carbons (Fsp3) is 0.821. The third kappa shape index (κ3) is 31.4. The number of aliphatic hydroxyl groups is 3. The van der Waals surface area contributed by atoms with Crippen LogP contribution in [0.25, 0.3) is 0 Å². The summed E-state index contributed by atoms with van der Waals surface area (Å²) in [4.78, 5) is 23.0. The van der Waals surface area contributed by atoms with Crippen LogP contribution in [0.3, 0.4) is 0 Å². The summed E-state index contributed by atoms with van der Waals surface area (Å²) in [7, 11) is 1.45. The number of rotatable bonds is 34. The fourth-order valence-corrected chi connectivity index (χ4v) is 5.93. The van der Waals surface area contributed by atoms with E-state index in [9.17, 15) is 29.6 Å². The summed E-state index contributed by atoms with van der Waals surface area (Å²) in [5, 5.41) is 34.1. The van der Waals surface area contributed by atoms with Crippen LogP contribution in [0.5, 0.6) is 0 Å². The second-order valence-corrected chi connectivity index (χ2v) is 16.1. The van der Waals surface area contributed by atoms with Crippen molar-refractivity contribution in [3.05, 3.63) is 36.5 Å². The topological polar surface area (TPSA) is 146 Å². The number of hydrogen-bond acceptors (Lipinski definition) is 7. The SMILES string of the molecule is CCCCC/C=C\C[C@H](O)[C@@H](O)CCCCCCCC(=O)N[C@@H](COP(=O)(O)OCC[N+](C)(C)C)[C@H](O)/C=C/CC/C=C\CCCCCCC. The Labute approximate surface area is 305 Å². The van der Waals surface area contributed by atoms with E-state index in [4.69, 9.17) is 9.05 Å². The zero-order valence-corrected chi connectivity index (χ0v) is 33.2. The van der Waals surface area contributed by atoms with Crippen LogP contribution in [0.1, 0.15) is 142 Å². The molecule has 5 atom stereocenters. The first kappa shape index (κ1) is 48.6. The van der Waals surface area contributed by atoms with Crippen LogP contribution in [0.15, 0.2) is 36.5 Å². The number of carbonyl (C=O) groups is 1. The van der Waals surface area contributed by atoms with Gasteiger partial charge in [0.25, 0.3) is 0 Å². The van der Waals surface area contributed by atoms with Gasteiger partial charge in [0.05, 0.1) is 52.1 Å². The van der Waals surface area contributed by atoms with Gasteiger partial charge < -0.3 is 30.0 Å². The quantitative estimate of drug-likeness (QED) is 0.0194. The lowest BCUT2D eigenvalue weighted by molar-refractivity contribution is -0.870. The molecule has 0 radical (unpaired) electrons. The van der Waals surface area contributed by atoms with E-state index in [1.165, 1.54) is 44.9 Å². The second kappa shape index (κ2) is 31.2. The monoisotopic (exact) mass is 732 g/mol. The molecule has 10 nitrogen and oxygen atoms in total. The van der Waals surface area contributed by atoms with Gasteiger partial charge in [0, 0.05) is 6.42 Å². The van der Waals surface area contributed by atoms with Gasteiger partial charge in [-0.2, -0.15) is 0 Å². The van der Waals surface area contributed by atoms with Gasteiger partial charge in [-0.05, 0) is 57.8 Å². The zero-order valence-electron chi connectivity index (χ0n) is 32.4. The van der Waals surface area contributed by atoms with Crippen LogP contribution in [-0.2, 0) is 18.4 Å². The Hall–Kier alpha value is -1.36. The predicted octanol–water partition coefficient (Wildman–Crippen LogP) is 7.90. The maximum absolute atomic E-state index is 12.8. The molecule has 0 saturated heterocycles. The predicted molar refractivity (Wildman–Crippen MR) is 206 cm³/mol. The van der Waals surface area contributed by atoms with Gasteiger partial charge in [-0.25, -0.2) is 4.57 Å². The van der Waals surface area contributed by atoms with Crippen LogP contribution in [0, 0.1) is 0 Å². The Kier molecular flexibility index (Phi) is 30.3. The lowest BCUT2D eigenvalue weighted by atomic mass is 10.0. The average Bonchev–Trinajstić information content (AvgIpc) is 3.05. The first-order valence-corrected chi connectivity index (χ1v) is 21.0. The van der Waals surface area contributed by atoms with Crippen molar-refractivity contribution in [3.63, 3.8) is 0 Å². The second-order valence-electron chi connectivity index (χ2n) is 14.6. The number of phosphoric acid groups is 1. The molecule has 1 unspecified atom stereocenters. The van der Waals surface area contributed by atoms with Crippen molar-refractivity contribution in [2.24, 2.45) is 0 Å². The highest BCUT2D eigenvalue weighted by Gasteiger charge is 2.27. The smallest absolute Gasteiger partial charge is 0.390 e. The summed E-state index contributed by atoms with van der Waals surface area (Å²) in [6.45, 7) is 4.54. The number of amides is 1. The molecule has 11 heteroatoms. The highest BCUT2D eigenvalue weighted by Crippen LogP contribution is 2.43. The molecule has 0 aromatic heterocycles. The number of carbonyl (C=O) groups excluding carboxylic acids is 1. The summed E-state index contributed by atoms with van der Waals surface area (Å²) in [5.74, 6) is -0.270. The van der Waals surface area contributed by atoms with Crippen LogP contribution in [0.4, 0.5) is 0 Å². The largest absolute Gasteiger partial charge is 0.472 e. The lowest BCUT2D eigenvalue weighted by Gasteiger charge is -2.25. The summed E-state index contributed by atoms with van der Waals surface area (Å²) < 4.78 is 23.4. The molecule has 50 heavy (non-hydrogen) atoms. The Morgan fingerprint density at radius 3 is 1.98 bits per heavy atom. The number of quaternary nitrogens is 1. The molecule has 294 valence electrons. The average molecular weight is 732 g/mol. The van der Waals surface area contributed by atoms with Crippen molar-refractivity contribution in [2.75, 3.05) is 40.9 Å². The van der Waals surface area contributed by atoms with Gasteiger partial charge in [0.15, 0.2) is 0 Å². The van der Waals surface area contributed by atoms with E-state index in [-0.39, 0.29) is 25.5 Å². The highest BCUT2D eigenvalue weighted by atomic mass is 31.2. The lowest BCUT2D eigenvalue weighted by Crippen LogP contribution is -2.45. The number of hydrogen-bond donors (Lipinski definition) is 5. The molecule has 0 aliphatic carbocycles. The van der Waals surface area contributed by atoms with Crippen LogP contribution < -0.4 is 5.32 Å². The normalized spacial score (nSPS) is 16.3. The number of nitrogens with one attached hydrogen (secondary N) is 1. The van der Waals surface area contributed by atoms with Crippen molar-refractivity contribution >= 4 is 13.7 Å². The Morgan fingerprint density at radius 2 is 1.28 bits per heavy atom. The first-order chi connectivity index (χ1) is 23.8. The minimum atomic E-state index is -4.38. The minimum Gasteiger partial charge on any atom is -0.390 e. The Morgan fingerprint density at radius 1 is 0.720 bits per heavy atom. The van der Waals surface area contributed by atoms with E-state index in [0.29, 0.717) is 30.3 Å². The van der Waals surface area contributed by atoms with E-state index in [1.54, 1.807) is 6.08 Å². The van der Waals surface area contributed by atoms with Crippen molar-refractivity contribution in [1.82, 2.24) is 5.32 Å². The Balaban J connectivity index is 4.68. The van der Waals surface area contributed by atoms with E-state index < -0.39 is 32.2 Å². The molecular formula is C39H76N2O8P+. The minimum absolute atomic E-state index is 0.0269. The molecule has 0 fully saturated rings. The van der Waals surface area contributed by atoms with Crippen molar-refractivity contribution in [3.8, 4) is 0 Å². The molecule has 5 N–H and O–H groups in total. The molecule has 0 saturated carbocycles. The molecular weight excluding hydrogens is 655 g/mol. The summed E-state index contributed by atoms with van der Waals surface area (Å²) in [5.41, 5.74) is 0. The molecule has 1 amide bonds. The van der Waals surface area contributed by atoms with Gasteiger partial charge in [-0.15, -0.1) is 0 Å². The number of aliphatic hydroxyl groups excluding tert-OH is 3. The molecule has 0 rings (SSSR count). The van der Waals surface area contributed by atoms with Gasteiger partial charge in [0.2, 0.25) is 5.91 Å². The van der Waals surface area contributed by atoms with Gasteiger partial charge in [-0.3, -0.25) is 13.8 Å². The molecule has 0 aliphatic rings. The van der Waals surface area contributed by atoms with E-state index in [0.717, 1.165) is 57.8 Å². The van der Waals surface area contributed by atoms with Gasteiger partial charge in [-0.1, -0.05) is 115 Å². The van der Waals surface area contributed by atoms with Crippen LogP contribution in [0.2, 0.25) is 0 Å². The highest BCUT2D eigenvalue weighted by molar-refractivity contribution is 7.47. The molecule has 0 aromatic carbocycles. The van der Waals surface area contributed by atoms with E-state index in [2.05, 4.69) is 37.4 Å². The Bertz CT molecular complexity index is 953. The maximum atomic E-state index is 12.8. The summed E-state index contributed by atoms with van der Waals surface area (Å²) in [6.07, 6.45) is 28.1. The standard InChI is InChI=1S/C39H75N2O8P/c1-6-8-10-12-14-15-16-17-18-21-24-28-36(42)35(34-49-50(46,47)48-33-32-41(3,4)5)40-39(45)31-27-23-19-22-26-30-38(44)37(43)29-25-20-13-11-9-7-2/h16-17,20,24-25,28,35-38,42-44H,6-15,18-19,21-23,26-27,29-34H2,1-5H3,(H-,40,45,46,47)/p+1/b17-16-,25-20-,28-24+/t35-,36+,37-,38-/m0/s1. The molecule has 0 aliphatic heterocycles. The van der Waals surface area contributed by atoms with E-state index >= 15 is 0 Å². The zero-order chi connectivity index (χ0) is 37.5. The van der Waals surface area contributed by atoms with Crippen LogP contribution in [-0.4, -0.2) is 95.9 Å². The van der Waals surface area contributed by atoms with Gasteiger partial charge in [0.1, 0.15) is 13.2 Å². The maximum Gasteiger partial charge on any atom is 0.472 e. The fourth-order valence-electron chi connectivity index (χ4n) is 5.19. The number of allylic oxidation sites excluding steroid dienone is 4. The van der Waals surface area contributed by atoms with Crippen LogP contribution >= 0.6 is 7.82 Å². The number of nitrogens with zero attached hydrogens (tertiary/aromatic N) is 1. The first-order valence-electron chi connectivity index (χ1n) is 19.5. The van der Waals surface area contributed by atoms with Crippen molar-refractivity contribution in [1.29, 1.82) is 0 Å².